The molecular weight excluding hydrogens is 335 g/mol. The topological polar surface area (TPSA) is 50.6 Å². The van der Waals surface area contributed by atoms with Gasteiger partial charge in [0.2, 0.25) is 0 Å². The molecule has 0 unspecified atom stereocenters. The van der Waals surface area contributed by atoms with Crippen LogP contribution in [-0.4, -0.2) is 65.4 Å². The van der Waals surface area contributed by atoms with Gasteiger partial charge in [-0.1, -0.05) is 12.1 Å². The summed E-state index contributed by atoms with van der Waals surface area (Å²) in [5.74, 6) is -0.794. The number of rotatable bonds is 4. The third-order valence-corrected chi connectivity index (χ3v) is 4.66. The number of benzene rings is 1. The maximum absolute atomic E-state index is 14.4. The highest BCUT2D eigenvalue weighted by molar-refractivity contribution is 5.96. The van der Waals surface area contributed by atoms with Gasteiger partial charge in [-0.05, 0) is 32.6 Å². The summed E-state index contributed by atoms with van der Waals surface area (Å²) < 4.78 is 22.1. The van der Waals surface area contributed by atoms with Gasteiger partial charge < -0.3 is 14.5 Å². The van der Waals surface area contributed by atoms with E-state index < -0.39 is 5.82 Å². The number of likely N-dealkylation sites (N-methyl/N-ethyl adjacent to an activating group) is 1. The first-order chi connectivity index (χ1) is 12.4. The first-order valence-corrected chi connectivity index (χ1v) is 8.69. The summed E-state index contributed by atoms with van der Waals surface area (Å²) in [6.45, 7) is 3.25. The van der Waals surface area contributed by atoms with Crippen LogP contribution >= 0.6 is 0 Å². The lowest BCUT2D eigenvalue weighted by molar-refractivity contribution is -0.0686. The molecule has 3 rings (SSSR count). The van der Waals surface area contributed by atoms with Gasteiger partial charge in [-0.15, -0.1) is 0 Å². The number of aromatic nitrogens is 2. The molecule has 2 heterocycles. The van der Waals surface area contributed by atoms with Gasteiger partial charge in [0.05, 0.1) is 30.5 Å². The van der Waals surface area contributed by atoms with E-state index in [1.807, 2.05) is 32.2 Å². The van der Waals surface area contributed by atoms with Crippen molar-refractivity contribution in [3.05, 3.63) is 53.1 Å². The summed E-state index contributed by atoms with van der Waals surface area (Å²) in [5.41, 5.74) is 1.66. The predicted molar refractivity (Wildman–Crippen MR) is 96.4 cm³/mol. The molecule has 0 spiro atoms. The zero-order chi connectivity index (χ0) is 18.8. The van der Waals surface area contributed by atoms with Crippen molar-refractivity contribution in [1.82, 2.24) is 19.6 Å². The number of aryl methyl sites for hydroxylation is 2. The van der Waals surface area contributed by atoms with Crippen LogP contribution in [0.1, 0.15) is 27.5 Å². The molecule has 0 saturated carbocycles. The minimum Gasteiger partial charge on any atom is -0.373 e. The molecule has 1 aromatic carbocycles. The van der Waals surface area contributed by atoms with Gasteiger partial charge in [0.25, 0.3) is 5.91 Å². The summed E-state index contributed by atoms with van der Waals surface area (Å²) in [4.78, 5) is 17.0. The molecule has 2 atom stereocenters. The Kier molecular flexibility index (Phi) is 5.38. The summed E-state index contributed by atoms with van der Waals surface area (Å²) in [5, 5.41) is 4.24. The van der Waals surface area contributed by atoms with Crippen molar-refractivity contribution in [3.8, 4) is 0 Å². The maximum Gasteiger partial charge on any atom is 0.257 e. The van der Waals surface area contributed by atoms with Crippen LogP contribution in [0.3, 0.4) is 0 Å². The third kappa shape index (κ3) is 3.64. The van der Waals surface area contributed by atoms with Gasteiger partial charge in [0.15, 0.2) is 0 Å². The van der Waals surface area contributed by atoms with E-state index in [1.54, 1.807) is 34.8 Å². The van der Waals surface area contributed by atoms with Gasteiger partial charge in [-0.2, -0.15) is 5.10 Å². The van der Waals surface area contributed by atoms with Gasteiger partial charge >= 0.3 is 0 Å². The highest BCUT2D eigenvalue weighted by atomic mass is 19.1. The lowest BCUT2D eigenvalue weighted by atomic mass is 9.98. The Morgan fingerprint density at radius 2 is 2.19 bits per heavy atom. The number of carbonyl (C=O) groups excluding carboxylic acids is 1. The molecule has 0 bridgehead atoms. The second-order valence-electron chi connectivity index (χ2n) is 6.99. The molecule has 2 aromatic rings. The smallest absolute Gasteiger partial charge is 0.257 e. The normalized spacial score (nSPS) is 20.6. The Morgan fingerprint density at radius 3 is 2.81 bits per heavy atom. The second kappa shape index (κ2) is 7.55. The molecule has 6 nitrogen and oxygen atoms in total. The van der Waals surface area contributed by atoms with Crippen LogP contribution in [0.2, 0.25) is 0 Å². The Bertz CT molecular complexity index is 769. The van der Waals surface area contributed by atoms with Crippen LogP contribution in [0.15, 0.2) is 30.6 Å². The number of amides is 1. The van der Waals surface area contributed by atoms with Crippen molar-refractivity contribution >= 4 is 5.91 Å². The Balaban J connectivity index is 2.01. The molecule has 0 N–H and O–H groups in total. The average Bonchev–Trinajstić information content (AvgIpc) is 3.00. The number of morpholine rings is 1. The van der Waals surface area contributed by atoms with Crippen LogP contribution in [0.4, 0.5) is 4.39 Å². The van der Waals surface area contributed by atoms with Crippen molar-refractivity contribution in [1.29, 1.82) is 0 Å². The molecule has 0 aliphatic carbocycles. The maximum atomic E-state index is 14.4. The minimum absolute atomic E-state index is 0.131. The van der Waals surface area contributed by atoms with E-state index in [0.29, 0.717) is 25.3 Å². The third-order valence-electron chi connectivity index (χ3n) is 4.66. The summed E-state index contributed by atoms with van der Waals surface area (Å²) in [7, 11) is 5.76. The minimum atomic E-state index is -0.490. The predicted octanol–water partition coefficient (Wildman–Crippen LogP) is 2.01. The molecule has 1 fully saturated rings. The van der Waals surface area contributed by atoms with E-state index in [1.165, 1.54) is 6.07 Å². The molecule has 1 aliphatic heterocycles. The highest BCUT2D eigenvalue weighted by Crippen LogP contribution is 2.32. The summed E-state index contributed by atoms with van der Waals surface area (Å²) in [6.07, 6.45) is 3.42. The number of hydrogen-bond acceptors (Lipinski definition) is 4. The van der Waals surface area contributed by atoms with Crippen LogP contribution in [0.25, 0.3) is 0 Å². The number of ether oxygens (including phenoxy) is 1. The monoisotopic (exact) mass is 360 g/mol. The number of halogens is 1. The fourth-order valence-corrected chi connectivity index (χ4v) is 3.51. The number of carbonyl (C=O) groups is 1. The summed E-state index contributed by atoms with van der Waals surface area (Å²) >= 11 is 0. The van der Waals surface area contributed by atoms with Crippen LogP contribution in [0.5, 0.6) is 0 Å². The first-order valence-electron chi connectivity index (χ1n) is 8.69. The van der Waals surface area contributed by atoms with Crippen molar-refractivity contribution in [2.24, 2.45) is 7.05 Å². The van der Waals surface area contributed by atoms with Gasteiger partial charge in [0.1, 0.15) is 5.82 Å². The lowest BCUT2D eigenvalue weighted by Gasteiger charge is -2.42. The summed E-state index contributed by atoms with van der Waals surface area (Å²) in [6, 6.07) is 4.39. The second-order valence-corrected chi connectivity index (χ2v) is 6.99. The Hall–Kier alpha value is -2.25. The van der Waals surface area contributed by atoms with Gasteiger partial charge in [0, 0.05) is 31.9 Å². The molecule has 1 aromatic heterocycles. The zero-order valence-electron chi connectivity index (χ0n) is 15.6. The Labute approximate surface area is 153 Å². The standard InChI is InChI=1S/C19H25FN4O2/c1-13-6-5-7-15(20)17(13)19(25)24-8-9-26-16(12-22(2)3)18(24)14-10-21-23(4)11-14/h5-7,10-11,16,18H,8-9,12H2,1-4H3/t16-,18-/m0/s1. The van der Waals surface area contributed by atoms with Crippen LogP contribution in [0, 0.1) is 12.7 Å². The molecule has 0 radical (unpaired) electrons. The SMILES string of the molecule is Cc1cccc(F)c1C(=O)N1CCO[C@@H](CN(C)C)[C@@H]1c1cnn(C)c1. The van der Waals surface area contributed by atoms with E-state index in [-0.39, 0.29) is 23.6 Å². The number of nitrogens with zero attached hydrogens (tertiary/aromatic N) is 4. The van der Waals surface area contributed by atoms with Gasteiger partial charge in [-0.25, -0.2) is 4.39 Å². The number of hydrogen-bond donors (Lipinski definition) is 0. The zero-order valence-corrected chi connectivity index (χ0v) is 15.6. The Morgan fingerprint density at radius 1 is 1.42 bits per heavy atom. The van der Waals surface area contributed by atoms with E-state index in [4.69, 9.17) is 4.74 Å². The van der Waals surface area contributed by atoms with Crippen LogP contribution < -0.4 is 0 Å². The van der Waals surface area contributed by atoms with Crippen LogP contribution in [-0.2, 0) is 11.8 Å². The largest absolute Gasteiger partial charge is 0.373 e. The van der Waals surface area contributed by atoms with E-state index >= 15 is 0 Å². The lowest BCUT2D eigenvalue weighted by Crippen LogP contribution is -2.51. The first kappa shape index (κ1) is 18.5. The van der Waals surface area contributed by atoms with Crippen molar-refractivity contribution < 1.29 is 13.9 Å². The van der Waals surface area contributed by atoms with E-state index in [9.17, 15) is 9.18 Å². The molecule has 7 heteroatoms. The molecule has 140 valence electrons. The van der Waals surface area contributed by atoms with Crippen molar-refractivity contribution in [3.63, 3.8) is 0 Å². The van der Waals surface area contributed by atoms with Crippen molar-refractivity contribution in [2.45, 2.75) is 19.1 Å². The van der Waals surface area contributed by atoms with E-state index in [0.717, 1.165) is 5.56 Å². The fourth-order valence-electron chi connectivity index (χ4n) is 3.51. The molecular formula is C19H25FN4O2. The quantitative estimate of drug-likeness (QED) is 0.837. The highest BCUT2D eigenvalue weighted by Gasteiger charge is 2.38. The van der Waals surface area contributed by atoms with Crippen molar-refractivity contribution in [2.75, 3.05) is 33.8 Å². The van der Waals surface area contributed by atoms with E-state index in [2.05, 4.69) is 5.10 Å². The molecule has 26 heavy (non-hydrogen) atoms. The van der Waals surface area contributed by atoms with Gasteiger partial charge in [-0.3, -0.25) is 9.48 Å². The fraction of sp³-hybridized carbons (Fsp3) is 0.474. The molecule has 1 aliphatic rings. The average molecular weight is 360 g/mol. The molecule has 1 saturated heterocycles. The molecule has 1 amide bonds.